The third-order valence-corrected chi connectivity index (χ3v) is 1.89. The van der Waals surface area contributed by atoms with Gasteiger partial charge >= 0.3 is 0 Å². The van der Waals surface area contributed by atoms with Crippen LogP contribution < -0.4 is 0 Å². The van der Waals surface area contributed by atoms with Crippen molar-refractivity contribution < 1.29 is 18.4 Å². The van der Waals surface area contributed by atoms with Gasteiger partial charge in [-0.25, -0.2) is 8.78 Å². The summed E-state index contributed by atoms with van der Waals surface area (Å²) in [4.78, 5) is 24.4. The molecule has 0 rings (SSSR count). The fraction of sp³-hybridized carbons (Fsp3) is 0.333. The van der Waals surface area contributed by atoms with Crippen LogP contribution in [0.15, 0.2) is 35.6 Å². The molecule has 4 nitrogen and oxygen atoms in total. The normalized spacial score (nSPS) is 13.3. The zero-order chi connectivity index (χ0) is 14.3. The highest BCUT2D eigenvalue weighted by molar-refractivity contribution is 6.01. The summed E-state index contributed by atoms with van der Waals surface area (Å²) in [6.45, 7) is 1.33. The first-order valence-corrected chi connectivity index (χ1v) is 5.13. The molecule has 0 aliphatic carbocycles. The monoisotopic (exact) mass is 258 g/mol. The van der Waals surface area contributed by atoms with Crippen LogP contribution in [0.5, 0.6) is 0 Å². The number of allylic oxidation sites excluding steroid dienone is 3. The van der Waals surface area contributed by atoms with Gasteiger partial charge in [-0.05, 0) is 19.1 Å². The quantitative estimate of drug-likeness (QED) is 0.429. The minimum Gasteiger partial charge on any atom is -0.383 e. The van der Waals surface area contributed by atoms with E-state index in [0.717, 1.165) is 17.1 Å². The van der Waals surface area contributed by atoms with E-state index in [2.05, 4.69) is 0 Å². The lowest BCUT2D eigenvalue weighted by molar-refractivity contribution is -0.133. The molecule has 0 saturated heterocycles. The fourth-order valence-corrected chi connectivity index (χ4v) is 1.03. The molecule has 0 aromatic heterocycles. The third-order valence-electron chi connectivity index (χ3n) is 1.89. The lowest BCUT2D eigenvalue weighted by atomic mass is 10.2. The van der Waals surface area contributed by atoms with Gasteiger partial charge in [0.05, 0.1) is 5.57 Å². The van der Waals surface area contributed by atoms with Crippen molar-refractivity contribution in [2.24, 2.45) is 0 Å². The summed E-state index contributed by atoms with van der Waals surface area (Å²) in [5, 5.41) is 0. The summed E-state index contributed by atoms with van der Waals surface area (Å²) in [6.07, 6.45) is 3.28. The number of amides is 2. The molecule has 0 aliphatic heterocycles. The predicted molar refractivity (Wildman–Crippen MR) is 64.7 cm³/mol. The average molecular weight is 258 g/mol. The molecular weight excluding hydrogens is 242 g/mol. The Hall–Kier alpha value is -1.98. The van der Waals surface area contributed by atoms with Crippen molar-refractivity contribution in [3.05, 3.63) is 35.6 Å². The molecule has 100 valence electrons. The van der Waals surface area contributed by atoms with Crippen LogP contribution in [0.25, 0.3) is 0 Å². The second kappa shape index (κ2) is 7.37. The van der Waals surface area contributed by atoms with Crippen LogP contribution >= 0.6 is 0 Å². The van der Waals surface area contributed by atoms with Crippen molar-refractivity contribution in [3.63, 3.8) is 0 Å². The van der Waals surface area contributed by atoms with E-state index >= 15 is 0 Å². The molecule has 0 aliphatic rings. The van der Waals surface area contributed by atoms with Crippen molar-refractivity contribution >= 4 is 12.3 Å². The topological polar surface area (TPSA) is 40.6 Å². The molecule has 2 amide bonds. The lowest BCUT2D eigenvalue weighted by Gasteiger charge is -2.12. The molecule has 0 fully saturated rings. The number of imide groups is 1. The smallest absolute Gasteiger partial charge is 0.261 e. The largest absolute Gasteiger partial charge is 0.383 e. The Kier molecular flexibility index (Phi) is 6.56. The average Bonchev–Trinajstić information content (AvgIpc) is 2.34. The number of carbonyl (C=O) groups excluding carboxylic acids is 2. The van der Waals surface area contributed by atoms with Gasteiger partial charge < -0.3 is 4.90 Å². The summed E-state index contributed by atoms with van der Waals surface area (Å²) in [5.41, 5.74) is -0.135. The van der Waals surface area contributed by atoms with Gasteiger partial charge in [-0.2, -0.15) is 0 Å². The number of carbonyl (C=O) groups is 2. The van der Waals surface area contributed by atoms with Crippen LogP contribution in [-0.4, -0.2) is 43.3 Å². The maximum absolute atomic E-state index is 13.3. The predicted octanol–water partition coefficient (Wildman–Crippen LogP) is 1.77. The first-order chi connectivity index (χ1) is 8.33. The van der Waals surface area contributed by atoms with Crippen LogP contribution in [0.4, 0.5) is 8.78 Å². The standard InChI is InChI=1S/C12H16F2N2O2/c1-5-10(13)11(14)6-9(7-15(2)3)12(18)16(4)8-17/h5-8H,1-4H3/b9-7-,10-5+,11-6+. The Bertz CT molecular complexity index is 412. The molecule has 0 spiro atoms. The Balaban J connectivity index is 5.41. The summed E-state index contributed by atoms with van der Waals surface area (Å²) in [7, 11) is 4.47. The molecule has 0 aromatic rings. The van der Waals surface area contributed by atoms with Gasteiger partial charge in [-0.15, -0.1) is 0 Å². The molecule has 0 unspecified atom stereocenters. The fourth-order valence-electron chi connectivity index (χ4n) is 1.03. The molecule has 0 atom stereocenters. The minimum absolute atomic E-state index is 0.135. The number of hydrogen-bond acceptors (Lipinski definition) is 3. The highest BCUT2D eigenvalue weighted by Gasteiger charge is 2.15. The van der Waals surface area contributed by atoms with E-state index in [-0.39, 0.29) is 5.57 Å². The van der Waals surface area contributed by atoms with Crippen LogP contribution in [-0.2, 0) is 9.59 Å². The van der Waals surface area contributed by atoms with Crippen molar-refractivity contribution in [1.82, 2.24) is 9.80 Å². The van der Waals surface area contributed by atoms with E-state index < -0.39 is 17.6 Å². The third kappa shape index (κ3) is 4.90. The Morgan fingerprint density at radius 2 is 1.67 bits per heavy atom. The van der Waals surface area contributed by atoms with Gasteiger partial charge in [0.15, 0.2) is 11.7 Å². The number of rotatable bonds is 5. The highest BCUT2D eigenvalue weighted by Crippen LogP contribution is 2.16. The van der Waals surface area contributed by atoms with Gasteiger partial charge in [-0.1, -0.05) is 0 Å². The maximum Gasteiger partial charge on any atom is 0.261 e. The van der Waals surface area contributed by atoms with Crippen LogP contribution in [0.2, 0.25) is 0 Å². The summed E-state index contributed by atoms with van der Waals surface area (Å²) >= 11 is 0. The molecular formula is C12H16F2N2O2. The number of nitrogens with zero attached hydrogens (tertiary/aromatic N) is 2. The molecule has 0 saturated carbocycles. The molecule has 18 heavy (non-hydrogen) atoms. The zero-order valence-corrected chi connectivity index (χ0v) is 10.8. The van der Waals surface area contributed by atoms with Crippen LogP contribution in [0.3, 0.4) is 0 Å². The number of halogens is 2. The second-order valence-electron chi connectivity index (χ2n) is 3.70. The molecule has 0 aromatic carbocycles. The summed E-state index contributed by atoms with van der Waals surface area (Å²) < 4.78 is 26.3. The van der Waals surface area contributed by atoms with Gasteiger partial charge in [-0.3, -0.25) is 14.5 Å². The van der Waals surface area contributed by atoms with Crippen molar-refractivity contribution in [2.75, 3.05) is 21.1 Å². The SMILES string of the molecule is C\C=C(F)/C(F)=C\C(=C\N(C)C)C(=O)N(C)C=O. The van der Waals surface area contributed by atoms with Crippen LogP contribution in [0, 0.1) is 0 Å². The van der Waals surface area contributed by atoms with E-state index in [1.165, 1.54) is 25.1 Å². The molecule has 6 heteroatoms. The van der Waals surface area contributed by atoms with E-state index in [9.17, 15) is 18.4 Å². The van der Waals surface area contributed by atoms with Crippen molar-refractivity contribution in [2.45, 2.75) is 6.92 Å². The maximum atomic E-state index is 13.3. The molecule has 0 bridgehead atoms. The van der Waals surface area contributed by atoms with Crippen LogP contribution in [0.1, 0.15) is 6.92 Å². The van der Waals surface area contributed by atoms with Gasteiger partial charge in [0.25, 0.3) is 5.91 Å². The van der Waals surface area contributed by atoms with E-state index in [4.69, 9.17) is 0 Å². The number of hydrogen-bond donors (Lipinski definition) is 0. The minimum atomic E-state index is -1.17. The van der Waals surface area contributed by atoms with E-state index in [1.807, 2.05) is 0 Å². The Morgan fingerprint density at radius 3 is 2.06 bits per heavy atom. The zero-order valence-electron chi connectivity index (χ0n) is 10.8. The lowest BCUT2D eigenvalue weighted by Crippen LogP contribution is -2.27. The summed E-state index contributed by atoms with van der Waals surface area (Å²) in [6, 6.07) is 0. The first kappa shape index (κ1) is 16.0. The highest BCUT2D eigenvalue weighted by atomic mass is 19.2. The van der Waals surface area contributed by atoms with Gasteiger partial charge in [0, 0.05) is 27.3 Å². The Labute approximate surface area is 105 Å². The van der Waals surface area contributed by atoms with Gasteiger partial charge in [0.2, 0.25) is 6.41 Å². The van der Waals surface area contributed by atoms with Crippen molar-refractivity contribution in [3.8, 4) is 0 Å². The second-order valence-corrected chi connectivity index (χ2v) is 3.70. The number of likely N-dealkylation sites (N-methyl/N-ethyl adjacent to an activating group) is 1. The molecule has 0 N–H and O–H groups in total. The molecule has 0 heterocycles. The van der Waals surface area contributed by atoms with E-state index in [1.54, 1.807) is 14.1 Å². The van der Waals surface area contributed by atoms with Gasteiger partial charge in [0.1, 0.15) is 0 Å². The van der Waals surface area contributed by atoms with Crippen molar-refractivity contribution in [1.29, 1.82) is 0 Å². The Morgan fingerprint density at radius 1 is 1.11 bits per heavy atom. The molecule has 0 radical (unpaired) electrons. The summed E-state index contributed by atoms with van der Waals surface area (Å²) in [5.74, 6) is -2.96. The van der Waals surface area contributed by atoms with E-state index in [0.29, 0.717) is 6.41 Å². The first-order valence-electron chi connectivity index (χ1n) is 5.13.